The molecule has 1 aliphatic rings. The fourth-order valence-electron chi connectivity index (χ4n) is 3.00. The average Bonchev–Trinajstić information content (AvgIpc) is 2.54. The van der Waals surface area contributed by atoms with Crippen LogP contribution in [0.4, 0.5) is 0 Å². The first-order chi connectivity index (χ1) is 11.0. The predicted octanol–water partition coefficient (Wildman–Crippen LogP) is 0.979. The minimum atomic E-state index is -1.22. The molecule has 2 unspecified atom stereocenters. The van der Waals surface area contributed by atoms with Crippen molar-refractivity contribution in [3.05, 3.63) is 40.2 Å². The quantitative estimate of drug-likeness (QED) is 0.729. The van der Waals surface area contributed by atoms with Gasteiger partial charge in [0, 0.05) is 17.5 Å². The maximum Gasteiger partial charge on any atom is 0.336 e. The normalized spacial score (nSPS) is 28.0. The highest BCUT2D eigenvalue weighted by Crippen LogP contribution is 2.28. The number of benzene rings is 1. The molecule has 1 aromatic carbocycles. The highest BCUT2D eigenvalue weighted by molar-refractivity contribution is 5.81. The van der Waals surface area contributed by atoms with E-state index in [0.717, 1.165) is 10.9 Å². The van der Waals surface area contributed by atoms with Gasteiger partial charge in [-0.05, 0) is 37.0 Å². The first-order valence-electron chi connectivity index (χ1n) is 7.77. The lowest BCUT2D eigenvalue weighted by Crippen LogP contribution is -2.51. The molecule has 6 heteroatoms. The van der Waals surface area contributed by atoms with Crippen LogP contribution in [0, 0.1) is 0 Å². The molecular weight excluding hydrogens is 300 g/mol. The van der Waals surface area contributed by atoms with E-state index in [1.165, 1.54) is 6.07 Å². The fourth-order valence-corrected chi connectivity index (χ4v) is 3.00. The van der Waals surface area contributed by atoms with Crippen molar-refractivity contribution in [2.45, 2.75) is 50.6 Å². The van der Waals surface area contributed by atoms with Crippen molar-refractivity contribution in [3.63, 3.8) is 0 Å². The molecule has 0 spiro atoms. The van der Waals surface area contributed by atoms with E-state index < -0.39 is 30.0 Å². The number of aryl methyl sites for hydroxylation is 1. The molecule has 124 valence electrons. The van der Waals surface area contributed by atoms with Crippen molar-refractivity contribution in [3.8, 4) is 5.75 Å². The first-order valence-corrected chi connectivity index (χ1v) is 7.77. The molecule has 0 radical (unpaired) electrons. The Balaban J connectivity index is 1.88. The molecule has 4 atom stereocenters. The second kappa shape index (κ2) is 6.31. The third-order valence-corrected chi connectivity index (χ3v) is 4.34. The van der Waals surface area contributed by atoms with E-state index in [1.807, 2.05) is 13.0 Å². The minimum Gasteiger partial charge on any atom is -0.487 e. The standard InChI is InChI=1S/C17H20O6/c1-2-9-7-15(19)23-14-8-10(3-4-11(9)14)22-13-6-5-12(18)16(20)17(13)21/h3-4,7-8,12-13,16-18,20-21H,2,5-6H2,1H3/t12?,13?,16-,17-/m0/s1. The number of hydrogen-bond acceptors (Lipinski definition) is 6. The number of fused-ring (bicyclic) bond motifs is 1. The van der Waals surface area contributed by atoms with Crippen LogP contribution in [-0.2, 0) is 6.42 Å². The maximum absolute atomic E-state index is 11.6. The van der Waals surface area contributed by atoms with Gasteiger partial charge in [-0.2, -0.15) is 0 Å². The molecule has 0 aliphatic heterocycles. The highest BCUT2D eigenvalue weighted by Gasteiger charge is 2.37. The van der Waals surface area contributed by atoms with Crippen LogP contribution >= 0.6 is 0 Å². The van der Waals surface area contributed by atoms with Gasteiger partial charge in [-0.3, -0.25) is 0 Å². The summed E-state index contributed by atoms with van der Waals surface area (Å²) < 4.78 is 10.9. The third-order valence-electron chi connectivity index (χ3n) is 4.34. The summed E-state index contributed by atoms with van der Waals surface area (Å²) in [7, 11) is 0. The zero-order chi connectivity index (χ0) is 16.6. The molecule has 3 rings (SSSR count). The molecule has 1 saturated carbocycles. The first kappa shape index (κ1) is 16.0. The van der Waals surface area contributed by atoms with Crippen LogP contribution in [0.3, 0.4) is 0 Å². The molecule has 1 heterocycles. The van der Waals surface area contributed by atoms with Crippen molar-refractivity contribution >= 4 is 11.0 Å². The van der Waals surface area contributed by atoms with Crippen molar-refractivity contribution in [1.29, 1.82) is 0 Å². The van der Waals surface area contributed by atoms with Gasteiger partial charge in [-0.25, -0.2) is 4.79 Å². The Kier molecular flexibility index (Phi) is 4.39. The Morgan fingerprint density at radius 1 is 1.17 bits per heavy atom. The Bertz CT molecular complexity index is 752. The highest BCUT2D eigenvalue weighted by atomic mass is 16.5. The number of aliphatic hydroxyl groups is 3. The Hall–Kier alpha value is -1.89. The van der Waals surface area contributed by atoms with Crippen LogP contribution in [0.25, 0.3) is 11.0 Å². The Morgan fingerprint density at radius 2 is 1.96 bits per heavy atom. The van der Waals surface area contributed by atoms with Crippen LogP contribution in [0.2, 0.25) is 0 Å². The third kappa shape index (κ3) is 3.10. The topological polar surface area (TPSA) is 100 Å². The summed E-state index contributed by atoms with van der Waals surface area (Å²) in [6, 6.07) is 6.64. The van der Waals surface area contributed by atoms with Crippen molar-refractivity contribution < 1.29 is 24.5 Å². The zero-order valence-corrected chi connectivity index (χ0v) is 12.8. The molecule has 2 aromatic rings. The molecule has 1 fully saturated rings. The van der Waals surface area contributed by atoms with Gasteiger partial charge in [0.05, 0.1) is 6.10 Å². The van der Waals surface area contributed by atoms with Gasteiger partial charge in [-0.1, -0.05) is 6.92 Å². The second-order valence-corrected chi connectivity index (χ2v) is 5.88. The van der Waals surface area contributed by atoms with Gasteiger partial charge in [-0.15, -0.1) is 0 Å². The SMILES string of the molecule is CCc1cc(=O)oc2cc(OC3CCC(O)[C@H](O)[C@H]3O)ccc12. The lowest BCUT2D eigenvalue weighted by Gasteiger charge is -2.35. The number of aliphatic hydroxyl groups excluding tert-OH is 3. The molecule has 23 heavy (non-hydrogen) atoms. The van der Waals surface area contributed by atoms with E-state index in [9.17, 15) is 20.1 Å². The van der Waals surface area contributed by atoms with Crippen LogP contribution in [0.15, 0.2) is 33.5 Å². The molecule has 1 aromatic heterocycles. The molecule has 0 saturated heterocycles. The van der Waals surface area contributed by atoms with E-state index in [2.05, 4.69) is 0 Å². The van der Waals surface area contributed by atoms with Gasteiger partial charge in [0.2, 0.25) is 0 Å². The molecular formula is C17H20O6. The van der Waals surface area contributed by atoms with E-state index in [0.29, 0.717) is 30.6 Å². The lowest BCUT2D eigenvalue weighted by molar-refractivity contribution is -0.128. The lowest BCUT2D eigenvalue weighted by atomic mass is 9.89. The van der Waals surface area contributed by atoms with Gasteiger partial charge in [0.25, 0.3) is 0 Å². The smallest absolute Gasteiger partial charge is 0.336 e. The molecule has 0 bridgehead atoms. The van der Waals surface area contributed by atoms with Crippen molar-refractivity contribution in [2.24, 2.45) is 0 Å². The summed E-state index contributed by atoms with van der Waals surface area (Å²) in [6.07, 6.45) is -2.45. The summed E-state index contributed by atoms with van der Waals surface area (Å²) in [5.74, 6) is 0.446. The number of hydrogen-bond donors (Lipinski definition) is 3. The monoisotopic (exact) mass is 320 g/mol. The van der Waals surface area contributed by atoms with Crippen LogP contribution in [-0.4, -0.2) is 39.7 Å². The molecule has 0 amide bonds. The van der Waals surface area contributed by atoms with E-state index in [-0.39, 0.29) is 0 Å². The zero-order valence-electron chi connectivity index (χ0n) is 12.8. The van der Waals surface area contributed by atoms with Gasteiger partial charge < -0.3 is 24.5 Å². The van der Waals surface area contributed by atoms with Crippen LogP contribution < -0.4 is 10.4 Å². The van der Waals surface area contributed by atoms with Gasteiger partial charge in [0.15, 0.2) is 0 Å². The Morgan fingerprint density at radius 3 is 2.70 bits per heavy atom. The molecule has 1 aliphatic carbocycles. The van der Waals surface area contributed by atoms with Crippen molar-refractivity contribution in [2.75, 3.05) is 0 Å². The van der Waals surface area contributed by atoms with Gasteiger partial charge >= 0.3 is 5.63 Å². The second-order valence-electron chi connectivity index (χ2n) is 5.88. The molecule has 3 N–H and O–H groups in total. The minimum absolute atomic E-state index is 0.353. The summed E-state index contributed by atoms with van der Waals surface area (Å²) in [5.41, 5.74) is 0.916. The van der Waals surface area contributed by atoms with Crippen LogP contribution in [0.5, 0.6) is 5.75 Å². The largest absolute Gasteiger partial charge is 0.487 e. The Labute approximate surface area is 132 Å². The van der Waals surface area contributed by atoms with E-state index in [4.69, 9.17) is 9.15 Å². The van der Waals surface area contributed by atoms with Gasteiger partial charge in [0.1, 0.15) is 29.6 Å². The maximum atomic E-state index is 11.6. The number of rotatable bonds is 3. The van der Waals surface area contributed by atoms with Crippen LogP contribution in [0.1, 0.15) is 25.3 Å². The summed E-state index contributed by atoms with van der Waals surface area (Å²) in [6.45, 7) is 1.96. The predicted molar refractivity (Wildman–Crippen MR) is 83.5 cm³/mol. The van der Waals surface area contributed by atoms with E-state index in [1.54, 1.807) is 12.1 Å². The summed E-state index contributed by atoms with van der Waals surface area (Å²) in [4.78, 5) is 11.6. The fraction of sp³-hybridized carbons (Fsp3) is 0.471. The average molecular weight is 320 g/mol. The number of ether oxygens (including phenoxy) is 1. The summed E-state index contributed by atoms with van der Waals surface area (Å²) in [5, 5.41) is 30.1. The van der Waals surface area contributed by atoms with E-state index >= 15 is 0 Å². The molecule has 6 nitrogen and oxygen atoms in total. The summed E-state index contributed by atoms with van der Waals surface area (Å²) >= 11 is 0. The van der Waals surface area contributed by atoms with Crippen molar-refractivity contribution in [1.82, 2.24) is 0 Å².